The normalized spacial score (nSPS) is 14.3. The molecule has 6 nitrogen and oxygen atoms in total. The van der Waals surface area contributed by atoms with E-state index in [4.69, 9.17) is 4.74 Å². The van der Waals surface area contributed by atoms with E-state index in [0.29, 0.717) is 6.54 Å². The van der Waals surface area contributed by atoms with Gasteiger partial charge in [-0.3, -0.25) is 9.59 Å². The molecule has 0 saturated carbocycles. The highest BCUT2D eigenvalue weighted by Crippen LogP contribution is 2.23. The predicted molar refractivity (Wildman–Crippen MR) is 122 cm³/mol. The molecule has 6 heteroatoms. The van der Waals surface area contributed by atoms with E-state index in [1.807, 2.05) is 42.5 Å². The highest BCUT2D eigenvalue weighted by atomic mass is 16.5. The summed E-state index contributed by atoms with van der Waals surface area (Å²) >= 11 is 0. The number of rotatable bonds is 6. The summed E-state index contributed by atoms with van der Waals surface area (Å²) in [5, 5.41) is 3.06. The van der Waals surface area contributed by atoms with Crippen molar-refractivity contribution in [1.29, 1.82) is 0 Å². The number of hydrogen-bond acceptors (Lipinski definition) is 4. The Bertz CT molecular complexity index is 1070. The van der Waals surface area contributed by atoms with Gasteiger partial charge in [0, 0.05) is 31.0 Å². The number of carbonyl (C=O) groups is 1. The third kappa shape index (κ3) is 4.97. The SMILES string of the molecule is COc1ccc(N2CCC(NC(=O)c3cccn(Cc4ccccc4)c3=O)CC2)cc1. The average molecular weight is 418 g/mol. The van der Waals surface area contributed by atoms with Crippen LogP contribution in [0.15, 0.2) is 77.7 Å². The van der Waals surface area contributed by atoms with Crippen LogP contribution in [-0.4, -0.2) is 36.7 Å². The minimum Gasteiger partial charge on any atom is -0.497 e. The highest BCUT2D eigenvalue weighted by Gasteiger charge is 2.22. The number of hydrogen-bond donors (Lipinski definition) is 1. The number of amides is 1. The quantitative estimate of drug-likeness (QED) is 0.669. The molecule has 1 amide bonds. The Morgan fingerprint density at radius 3 is 2.39 bits per heavy atom. The number of carbonyl (C=O) groups excluding carboxylic acids is 1. The van der Waals surface area contributed by atoms with Crippen molar-refractivity contribution in [2.45, 2.75) is 25.4 Å². The van der Waals surface area contributed by atoms with Gasteiger partial charge in [-0.25, -0.2) is 0 Å². The van der Waals surface area contributed by atoms with Crippen LogP contribution in [0.4, 0.5) is 5.69 Å². The molecule has 0 atom stereocenters. The van der Waals surface area contributed by atoms with Crippen LogP contribution in [0, 0.1) is 0 Å². The molecule has 2 aromatic carbocycles. The van der Waals surface area contributed by atoms with E-state index in [1.165, 1.54) is 0 Å². The number of methoxy groups -OCH3 is 1. The maximum absolute atomic E-state index is 12.8. The molecule has 160 valence electrons. The summed E-state index contributed by atoms with van der Waals surface area (Å²) in [6.07, 6.45) is 3.39. The molecule has 31 heavy (non-hydrogen) atoms. The van der Waals surface area contributed by atoms with E-state index in [-0.39, 0.29) is 23.1 Å². The predicted octanol–water partition coefficient (Wildman–Crippen LogP) is 3.30. The number of benzene rings is 2. The van der Waals surface area contributed by atoms with Crippen LogP contribution in [0.3, 0.4) is 0 Å². The number of pyridine rings is 1. The number of ether oxygens (including phenoxy) is 1. The molecule has 1 aromatic heterocycles. The van der Waals surface area contributed by atoms with Gasteiger partial charge < -0.3 is 19.5 Å². The van der Waals surface area contributed by atoms with Crippen LogP contribution < -0.4 is 20.5 Å². The van der Waals surface area contributed by atoms with Crippen LogP contribution in [0.25, 0.3) is 0 Å². The maximum Gasteiger partial charge on any atom is 0.263 e. The van der Waals surface area contributed by atoms with Gasteiger partial charge in [-0.15, -0.1) is 0 Å². The van der Waals surface area contributed by atoms with Crippen molar-refractivity contribution in [2.75, 3.05) is 25.1 Å². The van der Waals surface area contributed by atoms with E-state index < -0.39 is 0 Å². The molecule has 1 saturated heterocycles. The van der Waals surface area contributed by atoms with Crippen molar-refractivity contribution in [1.82, 2.24) is 9.88 Å². The molecule has 0 unspecified atom stereocenters. The molecule has 0 radical (unpaired) electrons. The summed E-state index contributed by atoms with van der Waals surface area (Å²) in [6.45, 7) is 2.15. The fourth-order valence-corrected chi connectivity index (χ4v) is 3.95. The fourth-order valence-electron chi connectivity index (χ4n) is 3.95. The van der Waals surface area contributed by atoms with Crippen molar-refractivity contribution >= 4 is 11.6 Å². The number of anilines is 1. The number of nitrogens with zero attached hydrogens (tertiary/aromatic N) is 2. The Kier molecular flexibility index (Phi) is 6.36. The Labute approximate surface area is 182 Å². The lowest BCUT2D eigenvalue weighted by atomic mass is 10.0. The van der Waals surface area contributed by atoms with Gasteiger partial charge in [0.2, 0.25) is 0 Å². The molecule has 0 spiro atoms. The number of piperidine rings is 1. The van der Waals surface area contributed by atoms with Crippen LogP contribution in [0.2, 0.25) is 0 Å². The minimum atomic E-state index is -0.296. The van der Waals surface area contributed by atoms with Crippen LogP contribution >= 0.6 is 0 Å². The molecule has 0 aliphatic carbocycles. The first kappa shape index (κ1) is 20.7. The second kappa shape index (κ2) is 9.51. The van der Waals surface area contributed by atoms with Gasteiger partial charge in [-0.1, -0.05) is 30.3 Å². The van der Waals surface area contributed by atoms with Gasteiger partial charge in [0.1, 0.15) is 11.3 Å². The number of nitrogens with one attached hydrogen (secondary N) is 1. The average Bonchev–Trinajstić information content (AvgIpc) is 2.81. The Morgan fingerprint density at radius 2 is 1.71 bits per heavy atom. The van der Waals surface area contributed by atoms with E-state index in [1.54, 1.807) is 30.0 Å². The Morgan fingerprint density at radius 1 is 1.00 bits per heavy atom. The molecule has 1 N–H and O–H groups in total. The summed E-state index contributed by atoms with van der Waals surface area (Å²) in [7, 11) is 1.66. The van der Waals surface area contributed by atoms with Crippen molar-refractivity contribution in [3.8, 4) is 5.75 Å². The second-order valence-electron chi connectivity index (χ2n) is 7.77. The lowest BCUT2D eigenvalue weighted by Gasteiger charge is -2.34. The van der Waals surface area contributed by atoms with Crippen molar-refractivity contribution in [2.24, 2.45) is 0 Å². The standard InChI is InChI=1S/C25H27N3O3/c1-31-22-11-9-21(10-12-22)27-16-13-20(14-17-27)26-24(29)23-8-5-15-28(25(23)30)18-19-6-3-2-4-7-19/h2-12,15,20H,13-14,16-18H2,1H3,(H,26,29). The first-order valence-corrected chi connectivity index (χ1v) is 10.6. The topological polar surface area (TPSA) is 63.6 Å². The van der Waals surface area contributed by atoms with Crippen molar-refractivity contribution in [3.05, 3.63) is 94.4 Å². The molecule has 4 rings (SSSR count). The van der Waals surface area contributed by atoms with Gasteiger partial charge in [-0.05, 0) is 54.8 Å². The Balaban J connectivity index is 1.37. The van der Waals surface area contributed by atoms with Crippen molar-refractivity contribution in [3.63, 3.8) is 0 Å². The number of aromatic nitrogens is 1. The summed E-state index contributed by atoms with van der Waals surface area (Å²) in [5.41, 5.74) is 2.10. The minimum absolute atomic E-state index is 0.0594. The van der Waals surface area contributed by atoms with Gasteiger partial charge >= 0.3 is 0 Å². The molecule has 1 aliphatic heterocycles. The zero-order valence-corrected chi connectivity index (χ0v) is 17.7. The summed E-state index contributed by atoms with van der Waals surface area (Å²) in [5.74, 6) is 0.544. The van der Waals surface area contributed by atoms with Crippen molar-refractivity contribution < 1.29 is 9.53 Å². The van der Waals surface area contributed by atoms with Crippen LogP contribution in [-0.2, 0) is 6.54 Å². The molecule has 3 aromatic rings. The van der Waals surface area contributed by atoms with Crippen LogP contribution in [0.1, 0.15) is 28.8 Å². The molecular formula is C25H27N3O3. The first-order chi connectivity index (χ1) is 15.1. The monoisotopic (exact) mass is 417 g/mol. The molecule has 2 heterocycles. The van der Waals surface area contributed by atoms with E-state index in [9.17, 15) is 9.59 Å². The van der Waals surface area contributed by atoms with Gasteiger partial charge in [0.25, 0.3) is 11.5 Å². The van der Waals surface area contributed by atoms with E-state index in [0.717, 1.165) is 42.9 Å². The fraction of sp³-hybridized carbons (Fsp3) is 0.280. The first-order valence-electron chi connectivity index (χ1n) is 10.6. The summed E-state index contributed by atoms with van der Waals surface area (Å²) in [6, 6.07) is 21.2. The summed E-state index contributed by atoms with van der Waals surface area (Å²) in [4.78, 5) is 27.9. The highest BCUT2D eigenvalue weighted by molar-refractivity contribution is 5.94. The summed E-state index contributed by atoms with van der Waals surface area (Å²) < 4.78 is 6.80. The van der Waals surface area contributed by atoms with Gasteiger partial charge in [0.15, 0.2) is 0 Å². The Hall–Kier alpha value is -3.54. The lowest BCUT2D eigenvalue weighted by molar-refractivity contribution is 0.0929. The second-order valence-corrected chi connectivity index (χ2v) is 7.77. The smallest absolute Gasteiger partial charge is 0.263 e. The molecular weight excluding hydrogens is 390 g/mol. The molecule has 1 fully saturated rings. The zero-order valence-electron chi connectivity index (χ0n) is 17.7. The van der Waals surface area contributed by atoms with Gasteiger partial charge in [-0.2, -0.15) is 0 Å². The van der Waals surface area contributed by atoms with E-state index in [2.05, 4.69) is 22.3 Å². The van der Waals surface area contributed by atoms with E-state index >= 15 is 0 Å². The zero-order chi connectivity index (χ0) is 21.6. The molecule has 1 aliphatic rings. The third-order valence-corrected chi connectivity index (χ3v) is 5.73. The third-order valence-electron chi connectivity index (χ3n) is 5.73. The largest absolute Gasteiger partial charge is 0.497 e. The lowest BCUT2D eigenvalue weighted by Crippen LogP contribution is -2.46. The van der Waals surface area contributed by atoms with Gasteiger partial charge in [0.05, 0.1) is 13.7 Å². The van der Waals surface area contributed by atoms with Crippen LogP contribution in [0.5, 0.6) is 5.75 Å². The molecule has 0 bridgehead atoms. The maximum atomic E-state index is 12.8.